The van der Waals surface area contributed by atoms with Crippen molar-refractivity contribution >= 4 is 0 Å². The highest BCUT2D eigenvalue weighted by atomic mass is 16.3. The van der Waals surface area contributed by atoms with Crippen LogP contribution >= 0.6 is 0 Å². The standard InChI is InChI=1S/C12H20O.CH4O/c1-4-6-7-9-12(8-5-2)10-11(3)13;1-2/h5,8,10,13H,2,4,6-7,9H2,1,3H3;2H,1H3/b11-10+,12-8-;. The summed E-state index contributed by atoms with van der Waals surface area (Å²) in [5, 5.41) is 16.1. The summed E-state index contributed by atoms with van der Waals surface area (Å²) in [7, 11) is 1.00. The molecule has 0 aliphatic heterocycles. The Hall–Kier alpha value is -1.02. The molecule has 0 radical (unpaired) electrons. The summed E-state index contributed by atoms with van der Waals surface area (Å²) in [6, 6.07) is 0. The number of unbranched alkanes of at least 4 members (excludes halogenated alkanes) is 2. The average molecular weight is 212 g/mol. The fourth-order valence-corrected chi connectivity index (χ4v) is 1.20. The van der Waals surface area contributed by atoms with Crippen LogP contribution in [-0.4, -0.2) is 17.3 Å². The Morgan fingerprint density at radius 2 is 1.87 bits per heavy atom. The van der Waals surface area contributed by atoms with Crippen molar-refractivity contribution in [1.82, 2.24) is 0 Å². The van der Waals surface area contributed by atoms with Crippen molar-refractivity contribution in [2.75, 3.05) is 7.11 Å². The molecule has 0 heterocycles. The first-order valence-corrected chi connectivity index (χ1v) is 5.34. The van der Waals surface area contributed by atoms with Crippen molar-refractivity contribution in [3.05, 3.63) is 36.1 Å². The van der Waals surface area contributed by atoms with Crippen LogP contribution in [0.15, 0.2) is 36.1 Å². The predicted molar refractivity (Wildman–Crippen MR) is 67.0 cm³/mol. The van der Waals surface area contributed by atoms with Crippen molar-refractivity contribution in [3.63, 3.8) is 0 Å². The van der Waals surface area contributed by atoms with Gasteiger partial charge in [0.2, 0.25) is 0 Å². The van der Waals surface area contributed by atoms with E-state index in [-0.39, 0.29) is 0 Å². The normalized spacial score (nSPS) is 11.7. The van der Waals surface area contributed by atoms with Gasteiger partial charge in [0.25, 0.3) is 0 Å². The van der Waals surface area contributed by atoms with Gasteiger partial charge in [-0.05, 0) is 31.4 Å². The van der Waals surface area contributed by atoms with Gasteiger partial charge in [0.05, 0.1) is 5.76 Å². The van der Waals surface area contributed by atoms with E-state index in [0.29, 0.717) is 5.76 Å². The molecule has 0 aromatic heterocycles. The zero-order valence-corrected chi connectivity index (χ0v) is 10.2. The summed E-state index contributed by atoms with van der Waals surface area (Å²) >= 11 is 0. The van der Waals surface area contributed by atoms with Gasteiger partial charge >= 0.3 is 0 Å². The second-order valence-electron chi connectivity index (χ2n) is 3.22. The molecule has 15 heavy (non-hydrogen) atoms. The van der Waals surface area contributed by atoms with Crippen LogP contribution in [0.25, 0.3) is 0 Å². The third-order valence-corrected chi connectivity index (χ3v) is 1.80. The van der Waals surface area contributed by atoms with Crippen LogP contribution in [-0.2, 0) is 0 Å². The van der Waals surface area contributed by atoms with E-state index in [1.165, 1.54) is 19.3 Å². The lowest BCUT2D eigenvalue weighted by Crippen LogP contribution is -1.82. The Morgan fingerprint density at radius 1 is 1.27 bits per heavy atom. The molecule has 0 saturated heterocycles. The summed E-state index contributed by atoms with van der Waals surface area (Å²) in [5.74, 6) is 0.365. The molecule has 0 saturated carbocycles. The van der Waals surface area contributed by atoms with Gasteiger partial charge in [-0.2, -0.15) is 0 Å². The first kappa shape index (κ1) is 16.4. The lowest BCUT2D eigenvalue weighted by atomic mass is 10.1. The van der Waals surface area contributed by atoms with Crippen molar-refractivity contribution in [3.8, 4) is 0 Å². The van der Waals surface area contributed by atoms with Crippen molar-refractivity contribution in [2.24, 2.45) is 0 Å². The molecular weight excluding hydrogens is 188 g/mol. The second kappa shape index (κ2) is 13.0. The zero-order chi connectivity index (χ0) is 12.1. The highest BCUT2D eigenvalue weighted by Gasteiger charge is 1.93. The molecule has 2 N–H and O–H groups in total. The second-order valence-corrected chi connectivity index (χ2v) is 3.22. The van der Waals surface area contributed by atoms with E-state index in [4.69, 9.17) is 10.2 Å². The molecule has 0 fully saturated rings. The maximum absolute atomic E-state index is 9.09. The molecule has 88 valence electrons. The minimum absolute atomic E-state index is 0.365. The third-order valence-electron chi connectivity index (χ3n) is 1.80. The maximum Gasteiger partial charge on any atom is 0.0894 e. The number of hydrogen-bond acceptors (Lipinski definition) is 2. The summed E-state index contributed by atoms with van der Waals surface area (Å²) in [4.78, 5) is 0. The van der Waals surface area contributed by atoms with Gasteiger partial charge in [-0.3, -0.25) is 0 Å². The molecule has 0 aromatic carbocycles. The van der Waals surface area contributed by atoms with Gasteiger partial charge in [0.1, 0.15) is 0 Å². The number of hydrogen-bond donors (Lipinski definition) is 2. The Labute approximate surface area is 93.6 Å². The Bertz CT molecular complexity index is 199. The van der Waals surface area contributed by atoms with E-state index in [2.05, 4.69) is 13.5 Å². The summed E-state index contributed by atoms with van der Waals surface area (Å²) < 4.78 is 0. The zero-order valence-electron chi connectivity index (χ0n) is 10.2. The molecule has 0 aliphatic carbocycles. The summed E-state index contributed by atoms with van der Waals surface area (Å²) in [6.07, 6.45) is 10.2. The molecule has 0 aromatic rings. The van der Waals surface area contributed by atoms with Crippen LogP contribution in [0.4, 0.5) is 0 Å². The van der Waals surface area contributed by atoms with Crippen LogP contribution in [0.2, 0.25) is 0 Å². The quantitative estimate of drug-likeness (QED) is 0.400. The van der Waals surface area contributed by atoms with Crippen molar-refractivity contribution in [2.45, 2.75) is 39.5 Å². The Kier molecular flexibility index (Phi) is 14.2. The van der Waals surface area contributed by atoms with E-state index >= 15 is 0 Å². The molecule has 0 aliphatic rings. The molecule has 2 nitrogen and oxygen atoms in total. The largest absolute Gasteiger partial charge is 0.513 e. The van der Waals surface area contributed by atoms with Gasteiger partial charge in [0, 0.05) is 7.11 Å². The minimum Gasteiger partial charge on any atom is -0.513 e. The van der Waals surface area contributed by atoms with E-state index in [9.17, 15) is 0 Å². The lowest BCUT2D eigenvalue weighted by Gasteiger charge is -2.00. The molecule has 2 heteroatoms. The molecular formula is C13H24O2. The molecule has 0 spiro atoms. The summed E-state index contributed by atoms with van der Waals surface area (Å²) in [5.41, 5.74) is 1.16. The van der Waals surface area contributed by atoms with Crippen LogP contribution < -0.4 is 0 Å². The number of allylic oxidation sites excluding steroid dienone is 5. The first-order valence-electron chi connectivity index (χ1n) is 5.34. The molecule has 0 atom stereocenters. The van der Waals surface area contributed by atoms with Gasteiger partial charge in [0.15, 0.2) is 0 Å². The third kappa shape index (κ3) is 13.0. The van der Waals surface area contributed by atoms with Gasteiger partial charge in [-0.15, -0.1) is 0 Å². The SMILES string of the molecule is C=C/C=C(\C=C(/C)O)CCCCC.CO. The fraction of sp³-hybridized carbons (Fsp3) is 0.538. The molecule has 0 unspecified atom stereocenters. The van der Waals surface area contributed by atoms with Gasteiger partial charge < -0.3 is 10.2 Å². The van der Waals surface area contributed by atoms with Gasteiger partial charge in [-0.25, -0.2) is 0 Å². The number of aliphatic hydroxyl groups is 2. The highest BCUT2D eigenvalue weighted by molar-refractivity contribution is 5.23. The van der Waals surface area contributed by atoms with Crippen LogP contribution in [0.5, 0.6) is 0 Å². The lowest BCUT2D eigenvalue weighted by molar-refractivity contribution is 0.399. The van der Waals surface area contributed by atoms with E-state index < -0.39 is 0 Å². The van der Waals surface area contributed by atoms with Crippen LogP contribution in [0.3, 0.4) is 0 Å². The van der Waals surface area contributed by atoms with Crippen LogP contribution in [0.1, 0.15) is 39.5 Å². The smallest absolute Gasteiger partial charge is 0.0894 e. The average Bonchev–Trinajstić information content (AvgIpc) is 2.20. The number of aliphatic hydroxyl groups excluding tert-OH is 2. The number of rotatable bonds is 6. The molecule has 0 bridgehead atoms. The van der Waals surface area contributed by atoms with E-state index in [1.54, 1.807) is 19.1 Å². The minimum atomic E-state index is 0.365. The monoisotopic (exact) mass is 212 g/mol. The van der Waals surface area contributed by atoms with Gasteiger partial charge in [-0.1, -0.05) is 38.5 Å². The fourth-order valence-electron chi connectivity index (χ4n) is 1.20. The predicted octanol–water partition coefficient (Wildman–Crippen LogP) is 3.75. The van der Waals surface area contributed by atoms with E-state index in [0.717, 1.165) is 19.1 Å². The maximum atomic E-state index is 9.09. The first-order chi connectivity index (χ1) is 7.20. The molecule has 0 amide bonds. The van der Waals surface area contributed by atoms with Crippen molar-refractivity contribution < 1.29 is 10.2 Å². The van der Waals surface area contributed by atoms with E-state index in [1.807, 2.05) is 6.08 Å². The summed E-state index contributed by atoms with van der Waals surface area (Å²) in [6.45, 7) is 7.52. The van der Waals surface area contributed by atoms with Crippen LogP contribution in [0, 0.1) is 0 Å². The topological polar surface area (TPSA) is 40.5 Å². The molecule has 0 rings (SSSR count). The highest BCUT2D eigenvalue weighted by Crippen LogP contribution is 2.11. The Balaban J connectivity index is 0. The van der Waals surface area contributed by atoms with Crippen molar-refractivity contribution in [1.29, 1.82) is 0 Å². The Morgan fingerprint density at radius 3 is 2.27 bits per heavy atom.